The van der Waals surface area contributed by atoms with Crippen molar-refractivity contribution in [2.24, 2.45) is 5.73 Å². The lowest BCUT2D eigenvalue weighted by Gasteiger charge is -2.26. The van der Waals surface area contributed by atoms with Crippen molar-refractivity contribution in [1.82, 2.24) is 0 Å². The van der Waals surface area contributed by atoms with Gasteiger partial charge in [-0.1, -0.05) is 31.2 Å². The summed E-state index contributed by atoms with van der Waals surface area (Å²) in [5.41, 5.74) is 8.76. The van der Waals surface area contributed by atoms with Gasteiger partial charge in [-0.2, -0.15) is 0 Å². The summed E-state index contributed by atoms with van der Waals surface area (Å²) in [4.78, 5) is 0. The summed E-state index contributed by atoms with van der Waals surface area (Å²) in [5, 5.41) is 0. The normalized spacial score (nSPS) is 22.4. The van der Waals surface area contributed by atoms with Crippen LogP contribution in [0.2, 0.25) is 0 Å². The second-order valence-corrected chi connectivity index (χ2v) is 5.65. The topological polar surface area (TPSA) is 44.5 Å². The maximum absolute atomic E-state index is 6.28. The summed E-state index contributed by atoms with van der Waals surface area (Å²) in [5.74, 6) is 0. The number of aryl methyl sites for hydroxylation is 1. The molecule has 1 aliphatic heterocycles. The van der Waals surface area contributed by atoms with Crippen molar-refractivity contribution in [2.75, 3.05) is 13.2 Å². The number of benzene rings is 1. The molecule has 0 radical (unpaired) electrons. The SMILES string of the molecule is CCc1ccc(C(N)C(C)OCC2CCCCO2)cc1. The van der Waals surface area contributed by atoms with Crippen molar-refractivity contribution in [1.29, 1.82) is 0 Å². The molecule has 0 spiro atoms. The van der Waals surface area contributed by atoms with Gasteiger partial charge in [-0.25, -0.2) is 0 Å². The monoisotopic (exact) mass is 277 g/mol. The fourth-order valence-electron chi connectivity index (χ4n) is 2.55. The Morgan fingerprint density at radius 1 is 1.30 bits per heavy atom. The van der Waals surface area contributed by atoms with E-state index in [-0.39, 0.29) is 18.2 Å². The zero-order chi connectivity index (χ0) is 14.4. The molecule has 0 bridgehead atoms. The highest BCUT2D eigenvalue weighted by Crippen LogP contribution is 2.19. The second-order valence-electron chi connectivity index (χ2n) is 5.65. The zero-order valence-electron chi connectivity index (χ0n) is 12.7. The number of rotatable bonds is 6. The van der Waals surface area contributed by atoms with Crippen LogP contribution in [0.1, 0.15) is 50.3 Å². The third kappa shape index (κ3) is 4.30. The van der Waals surface area contributed by atoms with Crippen LogP contribution in [-0.2, 0) is 15.9 Å². The Hall–Kier alpha value is -0.900. The quantitative estimate of drug-likeness (QED) is 0.868. The van der Waals surface area contributed by atoms with E-state index in [2.05, 4.69) is 31.2 Å². The molecule has 0 aromatic heterocycles. The van der Waals surface area contributed by atoms with E-state index in [1.54, 1.807) is 0 Å². The molecular formula is C17H27NO2. The lowest BCUT2D eigenvalue weighted by molar-refractivity contribution is -0.0639. The molecule has 112 valence electrons. The molecule has 3 nitrogen and oxygen atoms in total. The van der Waals surface area contributed by atoms with Crippen molar-refractivity contribution in [3.8, 4) is 0 Å². The molecule has 1 aromatic carbocycles. The fraction of sp³-hybridized carbons (Fsp3) is 0.647. The Balaban J connectivity index is 1.82. The third-order valence-electron chi connectivity index (χ3n) is 4.10. The highest BCUT2D eigenvalue weighted by Gasteiger charge is 2.19. The van der Waals surface area contributed by atoms with E-state index >= 15 is 0 Å². The van der Waals surface area contributed by atoms with Crippen LogP contribution in [0.4, 0.5) is 0 Å². The first-order chi connectivity index (χ1) is 9.70. The highest BCUT2D eigenvalue weighted by atomic mass is 16.5. The molecule has 2 rings (SSSR count). The molecule has 1 fully saturated rings. The van der Waals surface area contributed by atoms with E-state index in [0.29, 0.717) is 6.61 Å². The molecule has 20 heavy (non-hydrogen) atoms. The van der Waals surface area contributed by atoms with Crippen LogP contribution in [0, 0.1) is 0 Å². The molecule has 3 atom stereocenters. The van der Waals surface area contributed by atoms with Crippen LogP contribution in [-0.4, -0.2) is 25.4 Å². The average Bonchev–Trinajstić information content (AvgIpc) is 2.53. The first-order valence-corrected chi connectivity index (χ1v) is 7.78. The minimum Gasteiger partial charge on any atom is -0.376 e. The highest BCUT2D eigenvalue weighted by molar-refractivity contribution is 5.25. The van der Waals surface area contributed by atoms with Crippen molar-refractivity contribution in [3.63, 3.8) is 0 Å². The molecule has 1 aliphatic rings. The van der Waals surface area contributed by atoms with E-state index in [1.807, 2.05) is 6.92 Å². The van der Waals surface area contributed by atoms with Gasteiger partial charge in [0.2, 0.25) is 0 Å². The molecule has 0 saturated carbocycles. The molecule has 3 heteroatoms. The van der Waals surface area contributed by atoms with Crippen molar-refractivity contribution in [2.45, 2.75) is 57.8 Å². The van der Waals surface area contributed by atoms with Gasteiger partial charge in [-0.3, -0.25) is 0 Å². The summed E-state index contributed by atoms with van der Waals surface area (Å²) >= 11 is 0. The van der Waals surface area contributed by atoms with Crippen molar-refractivity contribution >= 4 is 0 Å². The Labute approximate surface area is 122 Å². The van der Waals surface area contributed by atoms with Gasteiger partial charge >= 0.3 is 0 Å². The van der Waals surface area contributed by atoms with Gasteiger partial charge < -0.3 is 15.2 Å². The van der Waals surface area contributed by atoms with Gasteiger partial charge in [0.1, 0.15) is 0 Å². The predicted octanol–water partition coefficient (Wildman–Crippen LogP) is 3.22. The maximum Gasteiger partial charge on any atom is 0.0808 e. The predicted molar refractivity (Wildman–Crippen MR) is 81.8 cm³/mol. The molecule has 0 amide bonds. The minimum absolute atomic E-state index is 0.00741. The summed E-state index contributed by atoms with van der Waals surface area (Å²) in [6.07, 6.45) is 4.84. The first kappa shape index (κ1) is 15.5. The molecule has 1 aromatic rings. The van der Waals surface area contributed by atoms with Crippen LogP contribution in [0.5, 0.6) is 0 Å². The lowest BCUT2D eigenvalue weighted by atomic mass is 10.0. The lowest BCUT2D eigenvalue weighted by Crippen LogP contribution is -2.31. The van der Waals surface area contributed by atoms with Gasteiger partial charge in [-0.05, 0) is 43.7 Å². The third-order valence-corrected chi connectivity index (χ3v) is 4.10. The fourth-order valence-corrected chi connectivity index (χ4v) is 2.55. The van der Waals surface area contributed by atoms with Gasteiger partial charge in [0, 0.05) is 6.61 Å². The zero-order valence-corrected chi connectivity index (χ0v) is 12.7. The number of nitrogens with two attached hydrogens (primary N) is 1. The van der Waals surface area contributed by atoms with E-state index in [0.717, 1.165) is 25.0 Å². The first-order valence-electron chi connectivity index (χ1n) is 7.78. The molecule has 1 heterocycles. The molecule has 1 saturated heterocycles. The average molecular weight is 277 g/mol. The Morgan fingerprint density at radius 3 is 2.65 bits per heavy atom. The van der Waals surface area contributed by atoms with Gasteiger partial charge in [0.15, 0.2) is 0 Å². The van der Waals surface area contributed by atoms with Crippen LogP contribution in [0.25, 0.3) is 0 Å². The van der Waals surface area contributed by atoms with Gasteiger partial charge in [-0.15, -0.1) is 0 Å². The van der Waals surface area contributed by atoms with Crippen LogP contribution >= 0.6 is 0 Å². The van der Waals surface area contributed by atoms with Crippen molar-refractivity contribution < 1.29 is 9.47 Å². The standard InChI is InChI=1S/C17H27NO2/c1-3-14-7-9-15(10-8-14)17(18)13(2)20-12-16-6-4-5-11-19-16/h7-10,13,16-17H,3-6,11-12,18H2,1-2H3. The largest absolute Gasteiger partial charge is 0.376 e. The van der Waals surface area contributed by atoms with Gasteiger partial charge in [0.05, 0.1) is 24.9 Å². The Kier molecular flexibility index (Phi) is 6.02. The Morgan fingerprint density at radius 2 is 2.05 bits per heavy atom. The molecular weight excluding hydrogens is 250 g/mol. The van der Waals surface area contributed by atoms with Gasteiger partial charge in [0.25, 0.3) is 0 Å². The number of ether oxygens (including phenoxy) is 2. The minimum atomic E-state index is -0.0792. The smallest absolute Gasteiger partial charge is 0.0808 e. The molecule has 3 unspecified atom stereocenters. The van der Waals surface area contributed by atoms with E-state index in [9.17, 15) is 0 Å². The van der Waals surface area contributed by atoms with Crippen LogP contribution in [0.3, 0.4) is 0 Å². The Bertz CT molecular complexity index is 384. The number of hydrogen-bond donors (Lipinski definition) is 1. The van der Waals surface area contributed by atoms with Crippen LogP contribution in [0.15, 0.2) is 24.3 Å². The molecule has 2 N–H and O–H groups in total. The maximum atomic E-state index is 6.28. The summed E-state index contributed by atoms with van der Waals surface area (Å²) in [7, 11) is 0. The number of hydrogen-bond acceptors (Lipinski definition) is 3. The van der Waals surface area contributed by atoms with E-state index in [1.165, 1.54) is 18.4 Å². The van der Waals surface area contributed by atoms with E-state index in [4.69, 9.17) is 15.2 Å². The molecule has 0 aliphatic carbocycles. The summed E-state index contributed by atoms with van der Waals surface area (Å²) in [6, 6.07) is 8.43. The van der Waals surface area contributed by atoms with Crippen molar-refractivity contribution in [3.05, 3.63) is 35.4 Å². The van der Waals surface area contributed by atoms with Crippen LogP contribution < -0.4 is 5.73 Å². The summed E-state index contributed by atoms with van der Waals surface area (Å²) < 4.78 is 11.6. The van der Waals surface area contributed by atoms with E-state index < -0.39 is 0 Å². The second kappa shape index (κ2) is 7.77. The summed E-state index contributed by atoms with van der Waals surface area (Å²) in [6.45, 7) is 5.72.